The molecule has 1 aromatic carbocycles. The minimum atomic E-state index is -0.193. The van der Waals surface area contributed by atoms with Crippen LogP contribution in [0, 0.1) is 0 Å². The molecule has 0 aliphatic heterocycles. The molecule has 0 aliphatic carbocycles. The van der Waals surface area contributed by atoms with Crippen LogP contribution >= 0.6 is 11.6 Å². The molecule has 62 valence electrons. The summed E-state index contributed by atoms with van der Waals surface area (Å²) in [5.41, 5.74) is 0.808. The molecule has 0 fully saturated rings. The molecule has 0 bridgehead atoms. The first-order valence-corrected chi connectivity index (χ1v) is 3.63. The molecule has 1 aromatic rings. The van der Waals surface area contributed by atoms with E-state index >= 15 is 0 Å². The van der Waals surface area contributed by atoms with E-state index < -0.39 is 0 Å². The van der Waals surface area contributed by atoms with Crippen molar-refractivity contribution in [3.05, 3.63) is 28.8 Å². The summed E-state index contributed by atoms with van der Waals surface area (Å²) < 4.78 is 0. The third-order valence-corrected chi connectivity index (χ3v) is 1.70. The highest BCUT2D eigenvalue weighted by Gasteiger charge is 2.03. The Morgan fingerprint density at radius 2 is 2.33 bits per heavy atom. The molecule has 0 aliphatic rings. The number of para-hydroxylation sites is 1. The monoisotopic (exact) mass is 183 g/mol. The van der Waals surface area contributed by atoms with Crippen LogP contribution in [0.5, 0.6) is 0 Å². The Kier molecular flexibility index (Phi) is 3.00. The maximum absolute atomic E-state index is 9.96. The number of rotatable bonds is 2. The van der Waals surface area contributed by atoms with Gasteiger partial charge in [-0.05, 0) is 6.07 Å². The van der Waals surface area contributed by atoms with Crippen LogP contribution in [0.25, 0.3) is 0 Å². The molecule has 0 spiro atoms. The fraction of sp³-hybridized carbons (Fsp3) is 0.125. The average molecular weight is 184 g/mol. The molecule has 0 atom stereocenters. The van der Waals surface area contributed by atoms with E-state index in [9.17, 15) is 4.79 Å². The van der Waals surface area contributed by atoms with Crippen LogP contribution < -0.4 is 0 Å². The molecular weight excluding hydrogens is 178 g/mol. The van der Waals surface area contributed by atoms with Gasteiger partial charge in [0.1, 0.15) is 5.69 Å². The van der Waals surface area contributed by atoms with Gasteiger partial charge in [0.2, 0.25) is 6.08 Å². The zero-order chi connectivity index (χ0) is 8.97. The molecule has 0 saturated carbocycles. The standard InChI is InChI=1S/C8H6ClNO2/c9-7-3-1-2-6(4-11)8(7)10-5-12/h1-3,11H,4H2. The second-order valence-electron chi connectivity index (χ2n) is 2.11. The largest absolute Gasteiger partial charge is 0.392 e. The molecule has 0 amide bonds. The van der Waals surface area contributed by atoms with Crippen molar-refractivity contribution in [1.29, 1.82) is 0 Å². The summed E-state index contributed by atoms with van der Waals surface area (Å²) in [6, 6.07) is 4.91. The normalized spacial score (nSPS) is 9.17. The van der Waals surface area contributed by atoms with Crippen LogP contribution in [0.4, 0.5) is 5.69 Å². The zero-order valence-corrected chi connectivity index (χ0v) is 6.88. The second-order valence-corrected chi connectivity index (χ2v) is 2.52. The third kappa shape index (κ3) is 1.71. The molecule has 1 rings (SSSR count). The van der Waals surface area contributed by atoms with Crippen molar-refractivity contribution >= 4 is 23.4 Å². The highest BCUT2D eigenvalue weighted by Crippen LogP contribution is 2.28. The molecule has 0 heterocycles. The van der Waals surface area contributed by atoms with E-state index in [2.05, 4.69) is 4.99 Å². The highest BCUT2D eigenvalue weighted by molar-refractivity contribution is 6.33. The topological polar surface area (TPSA) is 49.7 Å². The van der Waals surface area contributed by atoms with Gasteiger partial charge >= 0.3 is 0 Å². The van der Waals surface area contributed by atoms with Crippen LogP contribution in [-0.2, 0) is 11.4 Å². The van der Waals surface area contributed by atoms with Crippen molar-refractivity contribution in [2.24, 2.45) is 4.99 Å². The number of aliphatic hydroxyl groups is 1. The fourth-order valence-electron chi connectivity index (χ4n) is 0.858. The Labute approximate surface area is 74.3 Å². The minimum absolute atomic E-state index is 0.193. The van der Waals surface area contributed by atoms with E-state index in [1.165, 1.54) is 6.08 Å². The first kappa shape index (κ1) is 8.94. The van der Waals surface area contributed by atoms with Crippen LogP contribution in [0.2, 0.25) is 5.02 Å². The molecule has 4 heteroatoms. The maximum atomic E-state index is 9.96. The molecule has 3 nitrogen and oxygen atoms in total. The number of nitrogens with zero attached hydrogens (tertiary/aromatic N) is 1. The highest BCUT2D eigenvalue weighted by atomic mass is 35.5. The van der Waals surface area contributed by atoms with Gasteiger partial charge in [-0.25, -0.2) is 4.79 Å². The summed E-state index contributed by atoms with van der Waals surface area (Å²) in [5, 5.41) is 9.16. The van der Waals surface area contributed by atoms with Crippen molar-refractivity contribution in [2.75, 3.05) is 0 Å². The summed E-state index contributed by atoms with van der Waals surface area (Å²) in [6.45, 7) is -0.193. The van der Waals surface area contributed by atoms with E-state index in [4.69, 9.17) is 16.7 Å². The fourth-order valence-corrected chi connectivity index (χ4v) is 1.09. The van der Waals surface area contributed by atoms with Gasteiger partial charge in [-0.2, -0.15) is 4.99 Å². The maximum Gasteiger partial charge on any atom is 0.240 e. The summed E-state index contributed by atoms with van der Waals surface area (Å²) in [4.78, 5) is 13.3. The molecule has 0 radical (unpaired) electrons. The van der Waals surface area contributed by atoms with Crippen LogP contribution in [0.3, 0.4) is 0 Å². The number of hydrogen-bond acceptors (Lipinski definition) is 3. The lowest BCUT2D eigenvalue weighted by atomic mass is 10.2. The molecule has 0 aromatic heterocycles. The van der Waals surface area contributed by atoms with Gasteiger partial charge in [-0.15, -0.1) is 0 Å². The van der Waals surface area contributed by atoms with Crippen molar-refractivity contribution in [3.63, 3.8) is 0 Å². The summed E-state index contributed by atoms with van der Waals surface area (Å²) in [5.74, 6) is 0. The van der Waals surface area contributed by atoms with E-state index in [1.807, 2.05) is 0 Å². The lowest BCUT2D eigenvalue weighted by Crippen LogP contribution is -1.83. The molecule has 0 saturated heterocycles. The summed E-state index contributed by atoms with van der Waals surface area (Å²) in [7, 11) is 0. The van der Waals surface area contributed by atoms with Crippen LogP contribution in [0.15, 0.2) is 23.2 Å². The van der Waals surface area contributed by atoms with Gasteiger partial charge in [0, 0.05) is 5.56 Å². The Balaban J connectivity index is 3.28. The van der Waals surface area contributed by atoms with Crippen LogP contribution in [-0.4, -0.2) is 11.2 Å². The predicted octanol–water partition coefficient (Wildman–Crippen LogP) is 1.80. The van der Waals surface area contributed by atoms with E-state index in [1.54, 1.807) is 18.2 Å². The minimum Gasteiger partial charge on any atom is -0.392 e. The number of halogens is 1. The first-order valence-electron chi connectivity index (χ1n) is 3.25. The number of isocyanates is 1. The molecular formula is C8H6ClNO2. The number of aliphatic imine (C=N–C) groups is 1. The van der Waals surface area contributed by atoms with E-state index in [-0.39, 0.29) is 12.3 Å². The third-order valence-electron chi connectivity index (χ3n) is 1.40. The Hall–Kier alpha value is -1.15. The predicted molar refractivity (Wildman–Crippen MR) is 45.2 cm³/mol. The van der Waals surface area contributed by atoms with Crippen molar-refractivity contribution < 1.29 is 9.90 Å². The van der Waals surface area contributed by atoms with E-state index in [0.717, 1.165) is 0 Å². The number of benzene rings is 1. The van der Waals surface area contributed by atoms with Gasteiger partial charge in [-0.1, -0.05) is 23.7 Å². The molecule has 1 N–H and O–H groups in total. The smallest absolute Gasteiger partial charge is 0.240 e. The Bertz CT molecular complexity index is 332. The molecule has 12 heavy (non-hydrogen) atoms. The molecule has 0 unspecified atom stereocenters. The summed E-state index contributed by atoms with van der Waals surface area (Å²) >= 11 is 5.70. The van der Waals surface area contributed by atoms with Crippen LogP contribution in [0.1, 0.15) is 5.56 Å². The first-order chi connectivity index (χ1) is 5.79. The number of carbonyl (C=O) groups excluding carboxylic acids is 1. The summed E-state index contributed by atoms with van der Waals surface area (Å²) in [6.07, 6.45) is 1.38. The SMILES string of the molecule is O=C=Nc1c(Cl)cccc1CO. The zero-order valence-electron chi connectivity index (χ0n) is 6.12. The second kappa shape index (κ2) is 4.02. The van der Waals surface area contributed by atoms with Gasteiger partial charge in [-0.3, -0.25) is 0 Å². The van der Waals surface area contributed by atoms with Gasteiger partial charge in [0.05, 0.1) is 11.6 Å². The average Bonchev–Trinajstić information content (AvgIpc) is 2.09. The number of hydrogen-bond donors (Lipinski definition) is 1. The van der Waals surface area contributed by atoms with Gasteiger partial charge in [0.25, 0.3) is 0 Å². The van der Waals surface area contributed by atoms with Crippen molar-refractivity contribution in [2.45, 2.75) is 6.61 Å². The van der Waals surface area contributed by atoms with Gasteiger partial charge < -0.3 is 5.11 Å². The number of aliphatic hydroxyl groups excluding tert-OH is 1. The van der Waals surface area contributed by atoms with Gasteiger partial charge in [0.15, 0.2) is 0 Å². The lowest BCUT2D eigenvalue weighted by Gasteiger charge is -2.00. The lowest BCUT2D eigenvalue weighted by molar-refractivity contribution is 0.282. The van der Waals surface area contributed by atoms with E-state index in [0.29, 0.717) is 10.6 Å². The van der Waals surface area contributed by atoms with Crippen molar-refractivity contribution in [1.82, 2.24) is 0 Å². The Morgan fingerprint density at radius 3 is 2.92 bits per heavy atom. The Morgan fingerprint density at radius 1 is 1.58 bits per heavy atom. The van der Waals surface area contributed by atoms with Crippen molar-refractivity contribution in [3.8, 4) is 0 Å². The quantitative estimate of drug-likeness (QED) is 0.562.